The molecule has 1 unspecified atom stereocenters. The van der Waals surface area contributed by atoms with Crippen molar-refractivity contribution in [1.29, 1.82) is 0 Å². The van der Waals surface area contributed by atoms with Gasteiger partial charge in [0.15, 0.2) is 0 Å². The Morgan fingerprint density at radius 2 is 2.44 bits per heavy atom. The molecule has 88 valence electrons. The van der Waals surface area contributed by atoms with Crippen molar-refractivity contribution in [3.8, 4) is 0 Å². The topological polar surface area (TPSA) is 28.2 Å². The molecule has 16 heavy (non-hydrogen) atoms. The minimum Gasteiger partial charge on any atom is -0.358 e. The van der Waals surface area contributed by atoms with Crippen LogP contribution in [0, 0.1) is 6.92 Å². The highest BCUT2D eigenvalue weighted by atomic mass is 79.9. The molecule has 0 amide bonds. The molecule has 0 saturated carbocycles. The van der Waals surface area contributed by atoms with Crippen LogP contribution in [0.5, 0.6) is 0 Å². The lowest BCUT2D eigenvalue weighted by atomic mass is 10.2. The highest BCUT2D eigenvalue weighted by molar-refractivity contribution is 9.10. The molecule has 2 heterocycles. The Balaban J connectivity index is 2.04. The Kier molecular flexibility index (Phi) is 3.82. The molecule has 1 aromatic heterocycles. The zero-order valence-corrected chi connectivity index (χ0v) is 11.4. The lowest BCUT2D eigenvalue weighted by molar-refractivity contribution is 0.597. The van der Waals surface area contributed by atoms with Crippen molar-refractivity contribution in [2.75, 3.05) is 25.0 Å². The molecule has 3 nitrogen and oxygen atoms in total. The second-order valence-electron chi connectivity index (χ2n) is 4.47. The SMILES string of the molecule is Cc1cc(Br)cnc1N(C)CC1CCCN1. The van der Waals surface area contributed by atoms with E-state index >= 15 is 0 Å². The lowest BCUT2D eigenvalue weighted by Crippen LogP contribution is -2.35. The van der Waals surface area contributed by atoms with E-state index in [0.29, 0.717) is 6.04 Å². The van der Waals surface area contributed by atoms with Gasteiger partial charge in [-0.1, -0.05) is 0 Å². The summed E-state index contributed by atoms with van der Waals surface area (Å²) in [6.45, 7) is 4.30. The van der Waals surface area contributed by atoms with Gasteiger partial charge in [-0.15, -0.1) is 0 Å². The molecule has 1 aliphatic rings. The molecule has 0 aromatic carbocycles. The lowest BCUT2D eigenvalue weighted by Gasteiger charge is -2.23. The molecule has 1 atom stereocenters. The van der Waals surface area contributed by atoms with E-state index in [-0.39, 0.29) is 0 Å². The number of aromatic nitrogens is 1. The molecule has 4 heteroatoms. The van der Waals surface area contributed by atoms with Gasteiger partial charge in [-0.2, -0.15) is 0 Å². The van der Waals surface area contributed by atoms with Gasteiger partial charge in [-0.05, 0) is 53.9 Å². The first-order chi connectivity index (χ1) is 7.66. The van der Waals surface area contributed by atoms with Gasteiger partial charge < -0.3 is 10.2 Å². The van der Waals surface area contributed by atoms with E-state index in [1.54, 1.807) is 0 Å². The summed E-state index contributed by atoms with van der Waals surface area (Å²) in [6, 6.07) is 2.73. The molecule has 0 spiro atoms. The normalized spacial score (nSPS) is 20.1. The number of nitrogens with one attached hydrogen (secondary N) is 1. The third-order valence-electron chi connectivity index (χ3n) is 3.04. The fraction of sp³-hybridized carbons (Fsp3) is 0.583. The average Bonchev–Trinajstić information content (AvgIpc) is 2.70. The fourth-order valence-electron chi connectivity index (χ4n) is 2.26. The summed E-state index contributed by atoms with van der Waals surface area (Å²) in [5.74, 6) is 1.08. The first-order valence-corrected chi connectivity index (χ1v) is 6.53. The number of hydrogen-bond donors (Lipinski definition) is 1. The summed E-state index contributed by atoms with van der Waals surface area (Å²) in [5.41, 5.74) is 1.22. The zero-order chi connectivity index (χ0) is 11.5. The van der Waals surface area contributed by atoms with Crippen LogP contribution in [0.1, 0.15) is 18.4 Å². The predicted octanol–water partition coefficient (Wildman–Crippen LogP) is 2.34. The summed E-state index contributed by atoms with van der Waals surface area (Å²) in [7, 11) is 2.11. The highest BCUT2D eigenvalue weighted by Crippen LogP contribution is 2.20. The number of rotatable bonds is 3. The summed E-state index contributed by atoms with van der Waals surface area (Å²) >= 11 is 3.44. The van der Waals surface area contributed by atoms with Crippen LogP contribution < -0.4 is 10.2 Å². The number of pyridine rings is 1. The number of halogens is 1. The summed E-state index contributed by atoms with van der Waals surface area (Å²) < 4.78 is 1.04. The number of aryl methyl sites for hydroxylation is 1. The largest absolute Gasteiger partial charge is 0.358 e. The van der Waals surface area contributed by atoms with Crippen LogP contribution in [0.3, 0.4) is 0 Å². The molecule has 0 aliphatic carbocycles. The molecule has 1 aromatic rings. The standard InChI is InChI=1S/C12H18BrN3/c1-9-6-10(13)7-15-12(9)16(2)8-11-4-3-5-14-11/h6-7,11,14H,3-5,8H2,1-2H3. The van der Waals surface area contributed by atoms with E-state index in [2.05, 4.69) is 51.2 Å². The number of likely N-dealkylation sites (N-methyl/N-ethyl adjacent to an activating group) is 1. The summed E-state index contributed by atoms with van der Waals surface area (Å²) in [4.78, 5) is 6.71. The molecule has 2 rings (SSSR count). The van der Waals surface area contributed by atoms with E-state index in [1.807, 2.05) is 6.20 Å². The second kappa shape index (κ2) is 5.15. The van der Waals surface area contributed by atoms with Crippen molar-refractivity contribution in [2.24, 2.45) is 0 Å². The minimum absolute atomic E-state index is 0.620. The van der Waals surface area contributed by atoms with Crippen LogP contribution in [0.25, 0.3) is 0 Å². The molecule has 1 N–H and O–H groups in total. The van der Waals surface area contributed by atoms with Crippen LogP contribution in [-0.4, -0.2) is 31.2 Å². The predicted molar refractivity (Wildman–Crippen MR) is 71.0 cm³/mol. The van der Waals surface area contributed by atoms with E-state index in [1.165, 1.54) is 18.4 Å². The molecule has 0 radical (unpaired) electrons. The van der Waals surface area contributed by atoms with Gasteiger partial charge in [0.05, 0.1) is 0 Å². The number of nitrogens with zero attached hydrogens (tertiary/aromatic N) is 2. The third-order valence-corrected chi connectivity index (χ3v) is 3.47. The minimum atomic E-state index is 0.620. The quantitative estimate of drug-likeness (QED) is 0.923. The van der Waals surface area contributed by atoms with E-state index in [0.717, 1.165) is 23.4 Å². The molecular formula is C12H18BrN3. The smallest absolute Gasteiger partial charge is 0.131 e. The van der Waals surface area contributed by atoms with Crippen LogP contribution in [0.4, 0.5) is 5.82 Å². The fourth-order valence-corrected chi connectivity index (χ4v) is 2.71. The zero-order valence-electron chi connectivity index (χ0n) is 9.83. The maximum absolute atomic E-state index is 4.47. The van der Waals surface area contributed by atoms with Gasteiger partial charge in [-0.3, -0.25) is 0 Å². The summed E-state index contributed by atoms with van der Waals surface area (Å²) in [5, 5.41) is 3.51. The van der Waals surface area contributed by atoms with Crippen molar-refractivity contribution in [2.45, 2.75) is 25.8 Å². The van der Waals surface area contributed by atoms with Gasteiger partial charge >= 0.3 is 0 Å². The monoisotopic (exact) mass is 283 g/mol. The summed E-state index contributed by atoms with van der Waals surface area (Å²) in [6.07, 6.45) is 4.44. The van der Waals surface area contributed by atoms with Crippen LogP contribution in [-0.2, 0) is 0 Å². The molecule has 1 aliphatic heterocycles. The van der Waals surface area contributed by atoms with Crippen molar-refractivity contribution >= 4 is 21.7 Å². The maximum Gasteiger partial charge on any atom is 0.131 e. The molecule has 1 fully saturated rings. The van der Waals surface area contributed by atoms with E-state index < -0.39 is 0 Å². The maximum atomic E-state index is 4.47. The second-order valence-corrected chi connectivity index (χ2v) is 5.38. The Morgan fingerprint density at radius 3 is 3.06 bits per heavy atom. The first kappa shape index (κ1) is 11.9. The number of anilines is 1. The Morgan fingerprint density at radius 1 is 1.62 bits per heavy atom. The highest BCUT2D eigenvalue weighted by Gasteiger charge is 2.17. The average molecular weight is 284 g/mol. The van der Waals surface area contributed by atoms with E-state index in [9.17, 15) is 0 Å². The molecular weight excluding hydrogens is 266 g/mol. The van der Waals surface area contributed by atoms with Crippen molar-refractivity contribution in [1.82, 2.24) is 10.3 Å². The molecule has 0 bridgehead atoms. The first-order valence-electron chi connectivity index (χ1n) is 5.73. The Hall–Kier alpha value is -0.610. The van der Waals surface area contributed by atoms with Gasteiger partial charge in [0, 0.05) is 30.3 Å². The van der Waals surface area contributed by atoms with E-state index in [4.69, 9.17) is 0 Å². The Bertz CT molecular complexity index is 361. The Labute approximate surface area is 105 Å². The molecule has 1 saturated heterocycles. The van der Waals surface area contributed by atoms with Crippen LogP contribution in [0.15, 0.2) is 16.7 Å². The van der Waals surface area contributed by atoms with Gasteiger partial charge in [0.25, 0.3) is 0 Å². The van der Waals surface area contributed by atoms with Crippen molar-refractivity contribution in [3.05, 3.63) is 22.3 Å². The van der Waals surface area contributed by atoms with Crippen molar-refractivity contribution < 1.29 is 0 Å². The van der Waals surface area contributed by atoms with Gasteiger partial charge in [0.2, 0.25) is 0 Å². The van der Waals surface area contributed by atoms with Gasteiger partial charge in [-0.25, -0.2) is 4.98 Å². The van der Waals surface area contributed by atoms with Crippen molar-refractivity contribution in [3.63, 3.8) is 0 Å². The van der Waals surface area contributed by atoms with Crippen LogP contribution >= 0.6 is 15.9 Å². The number of hydrogen-bond acceptors (Lipinski definition) is 3. The van der Waals surface area contributed by atoms with Crippen LogP contribution in [0.2, 0.25) is 0 Å². The van der Waals surface area contributed by atoms with Gasteiger partial charge in [0.1, 0.15) is 5.82 Å². The third kappa shape index (κ3) is 2.74.